The molecule has 0 fully saturated rings. The molecule has 0 aromatic carbocycles. The zero-order valence-electron chi connectivity index (χ0n) is 11.7. The molecule has 96 valence electrons. The van der Waals surface area contributed by atoms with E-state index in [2.05, 4.69) is 29.9 Å². The van der Waals surface area contributed by atoms with Crippen molar-refractivity contribution in [3.8, 4) is 0 Å². The SMILES string of the molecule is Cc1c[nH]c(=O)c(C)c1.Cc1cnc(C)c(C)c1. The summed E-state index contributed by atoms with van der Waals surface area (Å²) in [6.07, 6.45) is 3.59. The minimum Gasteiger partial charge on any atom is -0.329 e. The quantitative estimate of drug-likeness (QED) is 0.774. The van der Waals surface area contributed by atoms with E-state index in [1.165, 1.54) is 11.1 Å². The molecule has 0 spiro atoms. The van der Waals surface area contributed by atoms with Crippen LogP contribution in [0.1, 0.15) is 27.9 Å². The maximum atomic E-state index is 10.7. The van der Waals surface area contributed by atoms with E-state index in [-0.39, 0.29) is 5.56 Å². The van der Waals surface area contributed by atoms with Crippen molar-refractivity contribution in [2.75, 3.05) is 0 Å². The van der Waals surface area contributed by atoms with Crippen LogP contribution in [0.5, 0.6) is 0 Å². The highest BCUT2D eigenvalue weighted by Gasteiger charge is 1.90. The summed E-state index contributed by atoms with van der Waals surface area (Å²) in [5, 5.41) is 0. The van der Waals surface area contributed by atoms with Gasteiger partial charge >= 0.3 is 0 Å². The average Bonchev–Trinajstić information content (AvgIpc) is 2.30. The molecule has 0 unspecified atom stereocenters. The van der Waals surface area contributed by atoms with Gasteiger partial charge in [0.1, 0.15) is 0 Å². The van der Waals surface area contributed by atoms with Crippen LogP contribution in [0.3, 0.4) is 0 Å². The Balaban J connectivity index is 0.000000180. The lowest BCUT2D eigenvalue weighted by Crippen LogP contribution is -2.07. The van der Waals surface area contributed by atoms with E-state index in [1.54, 1.807) is 13.1 Å². The number of nitrogens with one attached hydrogen (secondary N) is 1. The van der Waals surface area contributed by atoms with Crippen LogP contribution >= 0.6 is 0 Å². The van der Waals surface area contributed by atoms with Crippen molar-refractivity contribution in [1.82, 2.24) is 9.97 Å². The number of nitrogens with zero attached hydrogens (tertiary/aromatic N) is 1. The highest BCUT2D eigenvalue weighted by atomic mass is 16.1. The van der Waals surface area contributed by atoms with Crippen molar-refractivity contribution in [3.05, 3.63) is 62.8 Å². The standard InChI is InChI=1S/C8H11N.C7H9NO/c1-6-4-7(2)8(3)9-5-6;1-5-3-6(2)7(9)8-4-5/h4-5H,1-3H3;3-4H,1-2H3,(H,8,9). The summed E-state index contributed by atoms with van der Waals surface area (Å²) in [6.45, 7) is 9.90. The zero-order valence-corrected chi connectivity index (χ0v) is 11.7. The lowest BCUT2D eigenvalue weighted by molar-refractivity contribution is 1.12. The van der Waals surface area contributed by atoms with Crippen LogP contribution in [-0.4, -0.2) is 9.97 Å². The predicted molar refractivity (Wildman–Crippen MR) is 75.0 cm³/mol. The second-order valence-electron chi connectivity index (χ2n) is 4.60. The molecule has 0 aliphatic rings. The maximum Gasteiger partial charge on any atom is 0.250 e. The fourth-order valence-electron chi connectivity index (χ4n) is 1.53. The molecule has 2 heterocycles. The Labute approximate surface area is 108 Å². The van der Waals surface area contributed by atoms with Crippen molar-refractivity contribution in [2.24, 2.45) is 0 Å². The van der Waals surface area contributed by atoms with Gasteiger partial charge in [-0.3, -0.25) is 9.78 Å². The van der Waals surface area contributed by atoms with E-state index < -0.39 is 0 Å². The first kappa shape index (κ1) is 14.2. The Morgan fingerprint density at radius 1 is 0.944 bits per heavy atom. The monoisotopic (exact) mass is 244 g/mol. The second-order valence-corrected chi connectivity index (χ2v) is 4.60. The van der Waals surface area contributed by atoms with Crippen LogP contribution in [0.4, 0.5) is 0 Å². The lowest BCUT2D eigenvalue weighted by Gasteiger charge is -1.97. The highest BCUT2D eigenvalue weighted by Crippen LogP contribution is 2.03. The molecule has 0 radical (unpaired) electrons. The normalized spacial score (nSPS) is 9.61. The van der Waals surface area contributed by atoms with Crippen LogP contribution in [0, 0.1) is 34.6 Å². The number of aromatic nitrogens is 2. The molecule has 0 aliphatic heterocycles. The average molecular weight is 244 g/mol. The van der Waals surface area contributed by atoms with E-state index in [0.29, 0.717) is 0 Å². The Morgan fingerprint density at radius 3 is 2.00 bits per heavy atom. The molecule has 0 bridgehead atoms. The number of hydrogen-bond donors (Lipinski definition) is 1. The number of aromatic amines is 1. The number of pyridine rings is 2. The first-order valence-electron chi connectivity index (χ1n) is 5.96. The summed E-state index contributed by atoms with van der Waals surface area (Å²) in [6, 6.07) is 4.00. The summed E-state index contributed by atoms with van der Waals surface area (Å²) in [5.41, 5.74) is 5.50. The van der Waals surface area contributed by atoms with E-state index in [0.717, 1.165) is 16.8 Å². The van der Waals surface area contributed by atoms with Gasteiger partial charge in [-0.2, -0.15) is 0 Å². The van der Waals surface area contributed by atoms with Crippen molar-refractivity contribution in [3.63, 3.8) is 0 Å². The molecule has 2 aromatic heterocycles. The van der Waals surface area contributed by atoms with Crippen LogP contribution in [0.2, 0.25) is 0 Å². The predicted octanol–water partition coefficient (Wildman–Crippen LogP) is 3.00. The van der Waals surface area contributed by atoms with Crippen LogP contribution in [0.25, 0.3) is 0 Å². The third-order valence-corrected chi connectivity index (χ3v) is 2.71. The van der Waals surface area contributed by atoms with Gasteiger partial charge in [0.15, 0.2) is 0 Å². The van der Waals surface area contributed by atoms with Gasteiger partial charge in [-0.25, -0.2) is 0 Å². The molecule has 1 N–H and O–H groups in total. The first-order chi connectivity index (χ1) is 8.40. The van der Waals surface area contributed by atoms with E-state index in [9.17, 15) is 4.79 Å². The van der Waals surface area contributed by atoms with Gasteiger partial charge in [-0.1, -0.05) is 6.07 Å². The maximum absolute atomic E-state index is 10.7. The van der Waals surface area contributed by atoms with Crippen molar-refractivity contribution in [1.29, 1.82) is 0 Å². The molecule has 0 amide bonds. The number of H-pyrrole nitrogens is 1. The van der Waals surface area contributed by atoms with Crippen molar-refractivity contribution < 1.29 is 0 Å². The summed E-state index contributed by atoms with van der Waals surface area (Å²) in [4.78, 5) is 17.5. The molecular weight excluding hydrogens is 224 g/mol. The Bertz CT molecular complexity index is 585. The van der Waals surface area contributed by atoms with Crippen molar-refractivity contribution >= 4 is 0 Å². The van der Waals surface area contributed by atoms with Gasteiger partial charge in [0.05, 0.1) is 0 Å². The van der Waals surface area contributed by atoms with E-state index in [1.807, 2.05) is 26.1 Å². The van der Waals surface area contributed by atoms with E-state index >= 15 is 0 Å². The van der Waals surface area contributed by atoms with Gasteiger partial charge in [0.2, 0.25) is 0 Å². The number of hydrogen-bond acceptors (Lipinski definition) is 2. The van der Waals surface area contributed by atoms with Gasteiger partial charge in [0.25, 0.3) is 5.56 Å². The molecule has 2 rings (SSSR count). The summed E-state index contributed by atoms with van der Waals surface area (Å²) in [5.74, 6) is 0. The van der Waals surface area contributed by atoms with E-state index in [4.69, 9.17) is 0 Å². The molecule has 0 saturated carbocycles. The molecule has 0 atom stereocenters. The van der Waals surface area contributed by atoms with Gasteiger partial charge in [-0.15, -0.1) is 0 Å². The molecule has 0 aliphatic carbocycles. The molecular formula is C15H20N2O. The van der Waals surface area contributed by atoms with Gasteiger partial charge in [-0.05, 0) is 57.4 Å². The van der Waals surface area contributed by atoms with Gasteiger partial charge < -0.3 is 4.98 Å². The van der Waals surface area contributed by atoms with Crippen molar-refractivity contribution in [2.45, 2.75) is 34.6 Å². The van der Waals surface area contributed by atoms with Crippen LogP contribution in [-0.2, 0) is 0 Å². The Kier molecular flexibility index (Phi) is 4.84. The van der Waals surface area contributed by atoms with Gasteiger partial charge in [0, 0.05) is 23.7 Å². The summed E-state index contributed by atoms with van der Waals surface area (Å²) >= 11 is 0. The third kappa shape index (κ3) is 4.17. The molecule has 2 aromatic rings. The molecule has 3 heteroatoms. The highest BCUT2D eigenvalue weighted by molar-refractivity contribution is 5.21. The first-order valence-corrected chi connectivity index (χ1v) is 5.96. The third-order valence-electron chi connectivity index (χ3n) is 2.71. The number of aryl methyl sites for hydroxylation is 5. The summed E-state index contributed by atoms with van der Waals surface area (Å²) < 4.78 is 0. The minimum absolute atomic E-state index is 0.000556. The fraction of sp³-hybridized carbons (Fsp3) is 0.333. The smallest absolute Gasteiger partial charge is 0.250 e. The molecule has 3 nitrogen and oxygen atoms in total. The fourth-order valence-corrected chi connectivity index (χ4v) is 1.53. The Hall–Kier alpha value is -1.90. The zero-order chi connectivity index (χ0) is 13.7. The largest absolute Gasteiger partial charge is 0.329 e. The van der Waals surface area contributed by atoms with Crippen LogP contribution in [0.15, 0.2) is 29.3 Å². The molecule has 0 saturated heterocycles. The topological polar surface area (TPSA) is 45.8 Å². The summed E-state index contributed by atoms with van der Waals surface area (Å²) in [7, 11) is 0. The number of rotatable bonds is 0. The molecule has 18 heavy (non-hydrogen) atoms. The van der Waals surface area contributed by atoms with Crippen LogP contribution < -0.4 is 5.56 Å². The second kappa shape index (κ2) is 6.15. The minimum atomic E-state index is 0.000556. The lowest BCUT2D eigenvalue weighted by atomic mass is 10.2. The Morgan fingerprint density at radius 2 is 1.56 bits per heavy atom.